The largest absolute Gasteiger partial charge is 0.350 e. The number of hydrogen-bond acceptors (Lipinski definition) is 3. The Balaban J connectivity index is 0.00000132. The second kappa shape index (κ2) is 8.91. The quantitative estimate of drug-likeness (QED) is 0.833. The summed E-state index contributed by atoms with van der Waals surface area (Å²) >= 11 is 0. The van der Waals surface area contributed by atoms with Crippen LogP contribution in [0.2, 0.25) is 0 Å². The third-order valence-electron chi connectivity index (χ3n) is 3.88. The van der Waals surface area contributed by atoms with Crippen LogP contribution in [0.5, 0.6) is 0 Å². The van der Waals surface area contributed by atoms with E-state index in [0.29, 0.717) is 24.6 Å². The number of carbonyl (C=O) groups is 1. The molecule has 126 valence electrons. The number of carbonyl (C=O) groups excluding carboxylic acids is 1. The molecule has 3 rings (SSSR count). The lowest BCUT2D eigenvalue weighted by Crippen LogP contribution is -2.38. The zero-order chi connectivity index (χ0) is 14.7. The SMILES string of the molecule is Cl.Cl.NC(CNC(=O)c1ccccc1Cn1cccn1)C1CC1. The molecule has 1 fully saturated rings. The summed E-state index contributed by atoms with van der Waals surface area (Å²) in [6.07, 6.45) is 5.99. The molecule has 1 aromatic heterocycles. The molecule has 0 saturated heterocycles. The van der Waals surface area contributed by atoms with E-state index in [1.807, 2.05) is 41.2 Å². The maximum absolute atomic E-state index is 12.3. The molecule has 2 aromatic rings. The predicted octanol–water partition coefficient (Wildman–Crippen LogP) is 2.24. The van der Waals surface area contributed by atoms with Crippen molar-refractivity contribution in [3.05, 3.63) is 53.9 Å². The molecule has 0 bridgehead atoms. The van der Waals surface area contributed by atoms with Gasteiger partial charge >= 0.3 is 0 Å². The first-order valence-corrected chi connectivity index (χ1v) is 7.33. The van der Waals surface area contributed by atoms with Gasteiger partial charge in [0.25, 0.3) is 5.91 Å². The molecule has 1 unspecified atom stereocenters. The fraction of sp³-hybridized carbons (Fsp3) is 0.375. The maximum Gasteiger partial charge on any atom is 0.251 e. The Morgan fingerprint density at radius 2 is 2.04 bits per heavy atom. The van der Waals surface area contributed by atoms with Crippen LogP contribution in [0, 0.1) is 5.92 Å². The summed E-state index contributed by atoms with van der Waals surface area (Å²) in [5.74, 6) is 0.526. The van der Waals surface area contributed by atoms with Gasteiger partial charge in [-0.25, -0.2) is 0 Å². The first-order valence-electron chi connectivity index (χ1n) is 7.33. The average molecular weight is 357 g/mol. The molecule has 1 aliphatic rings. The van der Waals surface area contributed by atoms with Crippen molar-refractivity contribution in [1.29, 1.82) is 0 Å². The van der Waals surface area contributed by atoms with Gasteiger partial charge in [-0.3, -0.25) is 9.48 Å². The second-order valence-corrected chi connectivity index (χ2v) is 5.57. The van der Waals surface area contributed by atoms with E-state index in [9.17, 15) is 4.79 Å². The second-order valence-electron chi connectivity index (χ2n) is 5.57. The Kier molecular flexibility index (Phi) is 7.55. The molecule has 0 aliphatic heterocycles. The van der Waals surface area contributed by atoms with E-state index in [1.54, 1.807) is 6.20 Å². The van der Waals surface area contributed by atoms with E-state index in [-0.39, 0.29) is 36.8 Å². The van der Waals surface area contributed by atoms with Gasteiger partial charge in [-0.1, -0.05) is 18.2 Å². The fourth-order valence-electron chi connectivity index (χ4n) is 2.45. The van der Waals surface area contributed by atoms with Gasteiger partial charge in [-0.15, -0.1) is 24.8 Å². The van der Waals surface area contributed by atoms with Crippen LogP contribution in [-0.2, 0) is 6.54 Å². The summed E-state index contributed by atoms with van der Waals surface area (Å²) in [6, 6.07) is 9.56. The molecule has 1 aromatic carbocycles. The summed E-state index contributed by atoms with van der Waals surface area (Å²) < 4.78 is 1.81. The highest BCUT2D eigenvalue weighted by Crippen LogP contribution is 2.31. The Hall–Kier alpha value is -1.56. The van der Waals surface area contributed by atoms with Gasteiger partial charge in [-0.05, 0) is 36.5 Å². The lowest BCUT2D eigenvalue weighted by molar-refractivity contribution is 0.0949. The number of rotatable bonds is 6. The topological polar surface area (TPSA) is 72.9 Å². The van der Waals surface area contributed by atoms with Gasteiger partial charge in [0.05, 0.1) is 6.54 Å². The number of nitrogens with two attached hydrogens (primary N) is 1. The van der Waals surface area contributed by atoms with Crippen LogP contribution in [0.25, 0.3) is 0 Å². The molecular formula is C16H22Cl2N4O. The summed E-state index contributed by atoms with van der Waals surface area (Å²) in [5, 5.41) is 7.13. The first-order chi connectivity index (χ1) is 10.2. The lowest BCUT2D eigenvalue weighted by atomic mass is 10.1. The van der Waals surface area contributed by atoms with Gasteiger partial charge in [0.15, 0.2) is 0 Å². The standard InChI is InChI=1S/C16H20N4O.2ClH/c17-15(12-6-7-12)10-18-16(21)14-5-2-1-4-13(14)11-20-9-3-8-19-20;;/h1-5,8-9,12,15H,6-7,10-11,17H2,(H,18,21);2*1H. The van der Waals surface area contributed by atoms with E-state index in [0.717, 1.165) is 5.56 Å². The normalized spacial score (nSPS) is 14.3. The highest BCUT2D eigenvalue weighted by atomic mass is 35.5. The number of halogens is 2. The highest BCUT2D eigenvalue weighted by Gasteiger charge is 2.28. The Labute approximate surface area is 148 Å². The van der Waals surface area contributed by atoms with Crippen LogP contribution in [0.1, 0.15) is 28.8 Å². The zero-order valence-electron chi connectivity index (χ0n) is 12.7. The molecule has 23 heavy (non-hydrogen) atoms. The lowest BCUT2D eigenvalue weighted by Gasteiger charge is -2.13. The molecule has 1 saturated carbocycles. The molecule has 0 radical (unpaired) electrons. The van der Waals surface area contributed by atoms with Gasteiger partial charge < -0.3 is 11.1 Å². The molecule has 1 aliphatic carbocycles. The summed E-state index contributed by atoms with van der Waals surface area (Å²) in [7, 11) is 0. The molecule has 0 spiro atoms. The van der Waals surface area contributed by atoms with E-state index in [4.69, 9.17) is 5.73 Å². The molecule has 1 atom stereocenters. The molecule has 1 heterocycles. The van der Waals surface area contributed by atoms with E-state index >= 15 is 0 Å². The minimum absolute atomic E-state index is 0. The minimum atomic E-state index is -0.0612. The van der Waals surface area contributed by atoms with E-state index < -0.39 is 0 Å². The Morgan fingerprint density at radius 3 is 2.70 bits per heavy atom. The van der Waals surface area contributed by atoms with Gasteiger partial charge in [-0.2, -0.15) is 5.10 Å². The van der Waals surface area contributed by atoms with Crippen molar-refractivity contribution in [1.82, 2.24) is 15.1 Å². The molecular weight excluding hydrogens is 335 g/mol. The molecule has 3 N–H and O–H groups in total. The van der Waals surface area contributed by atoms with Crippen molar-refractivity contribution in [3.63, 3.8) is 0 Å². The van der Waals surface area contributed by atoms with E-state index in [1.165, 1.54) is 12.8 Å². The molecule has 7 heteroatoms. The number of amides is 1. The number of benzene rings is 1. The van der Waals surface area contributed by atoms with Crippen LogP contribution in [0.15, 0.2) is 42.7 Å². The zero-order valence-corrected chi connectivity index (χ0v) is 14.4. The van der Waals surface area contributed by atoms with Gasteiger partial charge in [0, 0.05) is 30.5 Å². The Bertz CT molecular complexity index is 614. The van der Waals surface area contributed by atoms with Crippen LogP contribution in [0.3, 0.4) is 0 Å². The number of hydrogen-bond donors (Lipinski definition) is 2. The van der Waals surface area contributed by atoms with Crippen molar-refractivity contribution < 1.29 is 4.79 Å². The summed E-state index contributed by atoms with van der Waals surface area (Å²) in [5.41, 5.74) is 7.67. The van der Waals surface area contributed by atoms with Crippen molar-refractivity contribution in [2.45, 2.75) is 25.4 Å². The monoisotopic (exact) mass is 356 g/mol. The van der Waals surface area contributed by atoms with Crippen LogP contribution >= 0.6 is 24.8 Å². The summed E-state index contributed by atoms with van der Waals surface area (Å²) in [6.45, 7) is 1.13. The minimum Gasteiger partial charge on any atom is -0.350 e. The average Bonchev–Trinajstić information content (AvgIpc) is 3.23. The molecule has 1 amide bonds. The predicted molar refractivity (Wildman–Crippen MR) is 95.3 cm³/mol. The van der Waals surface area contributed by atoms with Crippen molar-refractivity contribution in [2.24, 2.45) is 11.7 Å². The maximum atomic E-state index is 12.3. The van der Waals surface area contributed by atoms with Crippen molar-refractivity contribution in [3.8, 4) is 0 Å². The number of nitrogens with zero attached hydrogens (tertiary/aromatic N) is 2. The fourth-order valence-corrected chi connectivity index (χ4v) is 2.45. The third-order valence-corrected chi connectivity index (χ3v) is 3.88. The smallest absolute Gasteiger partial charge is 0.251 e. The number of nitrogens with one attached hydrogen (secondary N) is 1. The van der Waals surface area contributed by atoms with Gasteiger partial charge in [0.1, 0.15) is 0 Å². The Morgan fingerprint density at radius 1 is 1.30 bits per heavy atom. The van der Waals surface area contributed by atoms with Gasteiger partial charge in [0.2, 0.25) is 0 Å². The van der Waals surface area contributed by atoms with Crippen LogP contribution < -0.4 is 11.1 Å². The molecule has 5 nitrogen and oxygen atoms in total. The number of aromatic nitrogens is 2. The van der Waals surface area contributed by atoms with Crippen molar-refractivity contribution >= 4 is 30.7 Å². The van der Waals surface area contributed by atoms with Crippen LogP contribution in [-0.4, -0.2) is 28.3 Å². The van der Waals surface area contributed by atoms with Crippen molar-refractivity contribution in [2.75, 3.05) is 6.54 Å². The van der Waals surface area contributed by atoms with Crippen LogP contribution in [0.4, 0.5) is 0 Å². The highest BCUT2D eigenvalue weighted by molar-refractivity contribution is 5.95. The van der Waals surface area contributed by atoms with E-state index in [2.05, 4.69) is 10.4 Å². The third kappa shape index (κ3) is 5.23. The first kappa shape index (κ1) is 19.5. The summed E-state index contributed by atoms with van der Waals surface area (Å²) in [4.78, 5) is 12.3.